The lowest BCUT2D eigenvalue weighted by molar-refractivity contribution is -0.120. The Morgan fingerprint density at radius 2 is 1.48 bits per heavy atom. The third-order valence-electron chi connectivity index (χ3n) is 4.77. The molecule has 1 amide bonds. The van der Waals surface area contributed by atoms with E-state index in [1.165, 1.54) is 0 Å². The molecular formula is C21H28FNOSi. The number of halogens is 1. The summed E-state index contributed by atoms with van der Waals surface area (Å²) in [6.45, 7) is 8.40. The van der Waals surface area contributed by atoms with Crippen LogP contribution in [0.4, 0.5) is 4.11 Å². The molecular weight excluding hydrogens is 328 g/mol. The van der Waals surface area contributed by atoms with Crippen LogP contribution in [0.1, 0.15) is 38.8 Å². The van der Waals surface area contributed by atoms with Crippen LogP contribution in [0.15, 0.2) is 54.6 Å². The lowest BCUT2D eigenvalue weighted by Crippen LogP contribution is -2.49. The topological polar surface area (TPSA) is 29.1 Å². The summed E-state index contributed by atoms with van der Waals surface area (Å²) in [5.74, 6) is -0.0203. The summed E-state index contributed by atoms with van der Waals surface area (Å²) in [6, 6.07) is 17.4. The zero-order chi connectivity index (χ0) is 18.4. The normalized spacial score (nSPS) is 11.8. The highest BCUT2D eigenvalue weighted by Gasteiger charge is 2.43. The molecule has 0 bridgehead atoms. The van der Waals surface area contributed by atoms with Gasteiger partial charge in [-0.3, -0.25) is 4.79 Å². The van der Waals surface area contributed by atoms with Crippen molar-refractivity contribution < 1.29 is 8.90 Å². The van der Waals surface area contributed by atoms with Crippen molar-refractivity contribution in [1.82, 2.24) is 5.32 Å². The fraction of sp³-hybridized carbons (Fsp3) is 0.381. The van der Waals surface area contributed by atoms with E-state index in [9.17, 15) is 4.79 Å². The minimum Gasteiger partial charge on any atom is -0.352 e. The van der Waals surface area contributed by atoms with Gasteiger partial charge in [-0.05, 0) is 27.4 Å². The molecule has 1 N–H and O–H groups in total. The Morgan fingerprint density at radius 1 is 0.920 bits per heavy atom. The second kappa shape index (κ2) is 8.43. The molecule has 0 saturated carbocycles. The van der Waals surface area contributed by atoms with Crippen LogP contribution in [-0.2, 0) is 17.8 Å². The number of carbonyl (C=O) groups excluding carboxylic acids is 1. The average Bonchev–Trinajstić information content (AvgIpc) is 2.60. The molecule has 0 fully saturated rings. The van der Waals surface area contributed by atoms with Gasteiger partial charge in [0.05, 0.1) is 6.42 Å². The van der Waals surface area contributed by atoms with Crippen molar-refractivity contribution >= 4 is 19.5 Å². The van der Waals surface area contributed by atoms with Gasteiger partial charge in [0.15, 0.2) is 0 Å². The fourth-order valence-electron chi connectivity index (χ4n) is 3.26. The first-order valence-electron chi connectivity index (χ1n) is 8.93. The Labute approximate surface area is 151 Å². The highest BCUT2D eigenvalue weighted by atomic mass is 28.4. The van der Waals surface area contributed by atoms with Crippen LogP contribution in [0.5, 0.6) is 0 Å². The molecule has 0 aromatic heterocycles. The second-order valence-corrected chi connectivity index (χ2v) is 11.6. The van der Waals surface area contributed by atoms with E-state index in [0.29, 0.717) is 13.0 Å². The lowest BCUT2D eigenvalue weighted by atomic mass is 10.1. The van der Waals surface area contributed by atoms with Crippen LogP contribution >= 0.6 is 0 Å². The van der Waals surface area contributed by atoms with Gasteiger partial charge in [0, 0.05) is 6.54 Å². The van der Waals surface area contributed by atoms with E-state index < -0.39 is 8.41 Å². The molecule has 0 heterocycles. The van der Waals surface area contributed by atoms with E-state index in [1.807, 2.05) is 82.3 Å². The third-order valence-corrected chi connectivity index (χ3v) is 9.35. The highest BCUT2D eigenvalue weighted by molar-refractivity contribution is 6.88. The van der Waals surface area contributed by atoms with Gasteiger partial charge >= 0.3 is 0 Å². The van der Waals surface area contributed by atoms with Crippen molar-refractivity contribution in [3.8, 4) is 0 Å². The standard InChI is InChI=1S/C21H28FNOSi/c1-16(2)25(22,17(3)4)20-12-10-18(11-13-20)14-21(24)23-15-19-8-6-5-7-9-19/h5-13,16-17H,14-15H2,1-4H3,(H,23,24)/i22-1. The number of amides is 1. The van der Waals surface area contributed by atoms with E-state index >= 15 is 4.11 Å². The van der Waals surface area contributed by atoms with Gasteiger partial charge < -0.3 is 9.42 Å². The van der Waals surface area contributed by atoms with E-state index in [2.05, 4.69) is 5.32 Å². The molecule has 4 heteroatoms. The van der Waals surface area contributed by atoms with Gasteiger partial charge in [-0.2, -0.15) is 0 Å². The summed E-state index contributed by atoms with van der Waals surface area (Å²) >= 11 is 0. The highest BCUT2D eigenvalue weighted by Crippen LogP contribution is 2.33. The van der Waals surface area contributed by atoms with Crippen LogP contribution in [0, 0.1) is 0 Å². The van der Waals surface area contributed by atoms with Crippen LogP contribution in [0.3, 0.4) is 0 Å². The van der Waals surface area contributed by atoms with E-state index in [-0.39, 0.29) is 17.0 Å². The second-order valence-electron chi connectivity index (χ2n) is 7.21. The number of carbonyl (C=O) groups is 1. The third kappa shape index (κ3) is 4.79. The Bertz CT molecular complexity index is 675. The molecule has 0 unspecified atom stereocenters. The summed E-state index contributed by atoms with van der Waals surface area (Å²) in [6.07, 6.45) is 0.317. The summed E-state index contributed by atoms with van der Waals surface area (Å²) in [5, 5.41) is 3.75. The Balaban J connectivity index is 1.99. The van der Waals surface area contributed by atoms with Crippen molar-refractivity contribution in [2.45, 2.75) is 51.7 Å². The van der Waals surface area contributed by atoms with Gasteiger partial charge in [-0.15, -0.1) is 0 Å². The molecule has 2 rings (SSSR count). The first kappa shape index (κ1) is 19.4. The molecule has 0 aliphatic heterocycles. The number of rotatable bonds is 7. The van der Waals surface area contributed by atoms with Gasteiger partial charge in [0.2, 0.25) is 5.91 Å². The van der Waals surface area contributed by atoms with Crippen LogP contribution in [-0.4, -0.2) is 14.3 Å². The maximum atomic E-state index is 15.5. The Morgan fingerprint density at radius 3 is 2.00 bits per heavy atom. The van der Waals surface area contributed by atoms with E-state index in [0.717, 1.165) is 16.3 Å². The van der Waals surface area contributed by atoms with E-state index in [1.54, 1.807) is 0 Å². The fourth-order valence-corrected chi connectivity index (χ4v) is 6.60. The van der Waals surface area contributed by atoms with Gasteiger partial charge in [-0.1, -0.05) is 82.3 Å². The summed E-state index contributed by atoms with van der Waals surface area (Å²) in [5.41, 5.74) is 2.06. The maximum Gasteiger partial charge on any atom is 0.282 e. The molecule has 134 valence electrons. The first-order chi connectivity index (χ1) is 11.8. The van der Waals surface area contributed by atoms with Crippen LogP contribution in [0.25, 0.3) is 0 Å². The largest absolute Gasteiger partial charge is 0.352 e. The number of benzene rings is 2. The van der Waals surface area contributed by atoms with Crippen LogP contribution < -0.4 is 10.5 Å². The lowest BCUT2D eigenvalue weighted by Gasteiger charge is -2.30. The Kier molecular flexibility index (Phi) is 6.54. The molecule has 2 aromatic carbocycles. The zero-order valence-electron chi connectivity index (χ0n) is 15.6. The summed E-state index contributed by atoms with van der Waals surface area (Å²) in [4.78, 5) is 12.1. The molecule has 0 spiro atoms. The minimum atomic E-state index is -3.00. The van der Waals surface area contributed by atoms with Crippen molar-refractivity contribution in [3.05, 3.63) is 65.7 Å². The summed E-state index contributed by atoms with van der Waals surface area (Å²) in [7, 11) is -3.00. The predicted molar refractivity (Wildman–Crippen MR) is 105 cm³/mol. The maximum absolute atomic E-state index is 15.5. The quantitative estimate of drug-likeness (QED) is 0.575. The number of hydrogen-bond acceptors (Lipinski definition) is 1. The molecule has 2 nitrogen and oxygen atoms in total. The monoisotopic (exact) mass is 356 g/mol. The van der Waals surface area contributed by atoms with Crippen LogP contribution in [0.2, 0.25) is 11.1 Å². The molecule has 0 atom stereocenters. The molecule has 2 aromatic rings. The van der Waals surface area contributed by atoms with Crippen molar-refractivity contribution in [1.29, 1.82) is 0 Å². The average molecular weight is 357 g/mol. The van der Waals surface area contributed by atoms with Gasteiger partial charge in [0.1, 0.15) is 0 Å². The molecule has 0 radical (unpaired) electrons. The zero-order valence-corrected chi connectivity index (χ0v) is 16.6. The van der Waals surface area contributed by atoms with E-state index in [4.69, 9.17) is 0 Å². The molecule has 0 aliphatic carbocycles. The first-order valence-corrected chi connectivity index (χ1v) is 11.0. The smallest absolute Gasteiger partial charge is 0.282 e. The van der Waals surface area contributed by atoms with Crippen molar-refractivity contribution in [2.75, 3.05) is 0 Å². The molecule has 25 heavy (non-hydrogen) atoms. The number of hydrogen-bond donors (Lipinski definition) is 1. The van der Waals surface area contributed by atoms with Crippen molar-refractivity contribution in [2.24, 2.45) is 0 Å². The van der Waals surface area contributed by atoms with Gasteiger partial charge in [0.25, 0.3) is 8.41 Å². The van der Waals surface area contributed by atoms with Crippen molar-refractivity contribution in [3.63, 3.8) is 0 Å². The predicted octanol–water partition coefficient (Wildman–Crippen LogP) is 4.49. The minimum absolute atomic E-state index is 0.0203. The molecule has 0 saturated heterocycles. The Hall–Kier alpha value is -1.94. The summed E-state index contributed by atoms with van der Waals surface area (Å²) < 4.78 is 15.5. The van der Waals surface area contributed by atoms with Gasteiger partial charge in [-0.25, -0.2) is 0 Å². The molecule has 0 aliphatic rings. The SMILES string of the molecule is CC(C)[Si]([18F])(c1ccc(CC(=O)NCc2ccccc2)cc1)C(C)C. The number of nitrogens with one attached hydrogen (secondary N) is 1.